The van der Waals surface area contributed by atoms with Gasteiger partial charge in [0.05, 0.1) is 12.2 Å². The van der Waals surface area contributed by atoms with E-state index in [1.165, 1.54) is 121 Å². The summed E-state index contributed by atoms with van der Waals surface area (Å²) >= 11 is 0. The Kier molecular flexibility index (Phi) is 14.8. The van der Waals surface area contributed by atoms with Crippen LogP contribution in [-0.4, -0.2) is 18.0 Å². The molecule has 0 aromatic carbocycles. The fraction of sp³-hybridized carbons (Fsp3) is 0.875. The lowest BCUT2D eigenvalue weighted by atomic mass is 9.76. The SMILES string of the molecule is CCCCCCCCC(C1=CCCCCCC1)C(OC(C)C)(OC(C)C)C1=CCCCCCC1. The molecule has 0 aliphatic heterocycles. The van der Waals surface area contributed by atoms with Crippen LogP contribution >= 0.6 is 0 Å². The molecule has 0 spiro atoms. The zero-order valence-corrected chi connectivity index (χ0v) is 23.6. The van der Waals surface area contributed by atoms with E-state index in [-0.39, 0.29) is 12.2 Å². The smallest absolute Gasteiger partial charge is 0.197 e. The summed E-state index contributed by atoms with van der Waals surface area (Å²) in [4.78, 5) is 0. The highest BCUT2D eigenvalue weighted by molar-refractivity contribution is 5.24. The predicted molar refractivity (Wildman–Crippen MR) is 148 cm³/mol. The summed E-state index contributed by atoms with van der Waals surface area (Å²) in [5.41, 5.74) is 3.09. The molecule has 0 saturated carbocycles. The lowest BCUT2D eigenvalue weighted by Crippen LogP contribution is -2.49. The first kappa shape index (κ1) is 29.6. The fourth-order valence-electron chi connectivity index (χ4n) is 6.06. The van der Waals surface area contributed by atoms with Crippen molar-refractivity contribution in [1.82, 2.24) is 0 Å². The van der Waals surface area contributed by atoms with Gasteiger partial charge in [0, 0.05) is 5.92 Å². The summed E-state index contributed by atoms with van der Waals surface area (Å²) in [6, 6.07) is 0. The number of ether oxygens (including phenoxy) is 2. The Labute approximate surface area is 213 Å². The molecule has 198 valence electrons. The van der Waals surface area contributed by atoms with Gasteiger partial charge in [-0.25, -0.2) is 0 Å². The molecule has 2 nitrogen and oxygen atoms in total. The molecule has 0 amide bonds. The average molecular weight is 475 g/mol. The Bertz CT molecular complexity index is 576. The van der Waals surface area contributed by atoms with Crippen LogP contribution in [0.4, 0.5) is 0 Å². The second-order valence-corrected chi connectivity index (χ2v) is 11.5. The molecule has 2 aliphatic rings. The monoisotopic (exact) mass is 474 g/mol. The molecule has 2 aliphatic carbocycles. The second-order valence-electron chi connectivity index (χ2n) is 11.5. The van der Waals surface area contributed by atoms with Crippen LogP contribution in [0.1, 0.15) is 157 Å². The lowest BCUT2D eigenvalue weighted by molar-refractivity contribution is -0.269. The molecular weight excluding hydrogens is 416 g/mol. The van der Waals surface area contributed by atoms with E-state index in [4.69, 9.17) is 9.47 Å². The van der Waals surface area contributed by atoms with E-state index in [0.29, 0.717) is 5.92 Å². The van der Waals surface area contributed by atoms with Gasteiger partial charge in [-0.05, 0) is 91.1 Å². The minimum Gasteiger partial charge on any atom is -0.343 e. The predicted octanol–water partition coefficient (Wildman–Crippen LogP) is 10.5. The summed E-state index contributed by atoms with van der Waals surface area (Å²) in [5, 5.41) is 0. The lowest BCUT2D eigenvalue weighted by Gasteiger charge is -2.46. The third kappa shape index (κ3) is 10.2. The molecule has 1 unspecified atom stereocenters. The van der Waals surface area contributed by atoms with Gasteiger partial charge < -0.3 is 9.47 Å². The molecule has 0 N–H and O–H groups in total. The molecule has 34 heavy (non-hydrogen) atoms. The van der Waals surface area contributed by atoms with E-state index < -0.39 is 5.79 Å². The number of hydrogen-bond acceptors (Lipinski definition) is 2. The van der Waals surface area contributed by atoms with E-state index in [1.54, 1.807) is 5.57 Å². The standard InChI is InChI=1S/C32H58O2/c1-6-7-8-9-16-21-26-31(29-22-17-12-10-13-18-23-29)32(33-27(2)3,34-28(4)5)30-24-19-14-11-15-20-25-30/h22,24,27-28,31H,6-21,23,25-26H2,1-5H3. The first-order valence-electron chi connectivity index (χ1n) is 15.2. The highest BCUT2D eigenvalue weighted by Crippen LogP contribution is 2.45. The van der Waals surface area contributed by atoms with Gasteiger partial charge in [-0.1, -0.05) is 88.9 Å². The minimum atomic E-state index is -0.603. The van der Waals surface area contributed by atoms with Crippen molar-refractivity contribution in [2.24, 2.45) is 5.92 Å². The van der Waals surface area contributed by atoms with Crippen molar-refractivity contribution in [2.75, 3.05) is 0 Å². The van der Waals surface area contributed by atoms with E-state index in [2.05, 4.69) is 46.8 Å². The summed E-state index contributed by atoms with van der Waals surface area (Å²) in [6.07, 6.45) is 30.1. The quantitative estimate of drug-likeness (QED) is 0.142. The summed E-state index contributed by atoms with van der Waals surface area (Å²) < 4.78 is 14.1. The van der Waals surface area contributed by atoms with E-state index in [0.717, 1.165) is 6.42 Å². The Morgan fingerprint density at radius 3 is 1.88 bits per heavy atom. The number of hydrogen-bond donors (Lipinski definition) is 0. The third-order valence-corrected chi connectivity index (χ3v) is 7.64. The largest absolute Gasteiger partial charge is 0.343 e. The van der Waals surface area contributed by atoms with Gasteiger partial charge in [-0.15, -0.1) is 0 Å². The van der Waals surface area contributed by atoms with Gasteiger partial charge in [-0.2, -0.15) is 0 Å². The van der Waals surface area contributed by atoms with Crippen molar-refractivity contribution in [1.29, 1.82) is 0 Å². The maximum absolute atomic E-state index is 7.04. The van der Waals surface area contributed by atoms with E-state index in [9.17, 15) is 0 Å². The molecular formula is C32H58O2. The molecule has 0 saturated heterocycles. The number of rotatable bonds is 14. The molecule has 2 heteroatoms. The Hall–Kier alpha value is -0.600. The molecule has 0 bridgehead atoms. The van der Waals surface area contributed by atoms with Gasteiger partial charge in [0.1, 0.15) is 0 Å². The summed E-state index contributed by atoms with van der Waals surface area (Å²) in [5.74, 6) is -0.263. The summed E-state index contributed by atoms with van der Waals surface area (Å²) in [7, 11) is 0. The Balaban J connectivity index is 2.44. The normalized spacial score (nSPS) is 19.7. The van der Waals surface area contributed by atoms with Crippen LogP contribution in [0.15, 0.2) is 23.3 Å². The van der Waals surface area contributed by atoms with Gasteiger partial charge in [0.15, 0.2) is 5.79 Å². The van der Waals surface area contributed by atoms with Crippen molar-refractivity contribution in [2.45, 2.75) is 175 Å². The Morgan fingerprint density at radius 2 is 1.24 bits per heavy atom. The molecule has 0 aromatic heterocycles. The van der Waals surface area contributed by atoms with Crippen LogP contribution in [0.2, 0.25) is 0 Å². The summed E-state index contributed by atoms with van der Waals surface area (Å²) in [6.45, 7) is 11.1. The first-order chi connectivity index (χ1) is 16.5. The van der Waals surface area contributed by atoms with Crippen molar-refractivity contribution in [3.63, 3.8) is 0 Å². The Morgan fingerprint density at radius 1 is 0.676 bits per heavy atom. The van der Waals surface area contributed by atoms with Crippen LogP contribution in [0.25, 0.3) is 0 Å². The van der Waals surface area contributed by atoms with Crippen LogP contribution in [-0.2, 0) is 9.47 Å². The van der Waals surface area contributed by atoms with Crippen LogP contribution in [0.3, 0.4) is 0 Å². The maximum atomic E-state index is 7.04. The zero-order valence-electron chi connectivity index (χ0n) is 23.6. The van der Waals surface area contributed by atoms with Crippen LogP contribution in [0.5, 0.6) is 0 Å². The maximum Gasteiger partial charge on any atom is 0.197 e. The molecule has 1 atom stereocenters. The van der Waals surface area contributed by atoms with E-state index in [1.807, 2.05) is 0 Å². The van der Waals surface area contributed by atoms with E-state index >= 15 is 0 Å². The highest BCUT2D eigenvalue weighted by Gasteiger charge is 2.46. The molecule has 0 aromatic rings. The van der Waals surface area contributed by atoms with Crippen molar-refractivity contribution in [3.8, 4) is 0 Å². The third-order valence-electron chi connectivity index (χ3n) is 7.64. The molecule has 0 fully saturated rings. The van der Waals surface area contributed by atoms with Gasteiger partial charge in [-0.3, -0.25) is 0 Å². The number of unbranched alkanes of at least 4 members (excludes halogenated alkanes) is 5. The van der Waals surface area contributed by atoms with Crippen LogP contribution < -0.4 is 0 Å². The minimum absolute atomic E-state index is 0.145. The van der Waals surface area contributed by atoms with Gasteiger partial charge in [0.2, 0.25) is 0 Å². The van der Waals surface area contributed by atoms with Crippen molar-refractivity contribution in [3.05, 3.63) is 23.3 Å². The molecule has 0 radical (unpaired) electrons. The topological polar surface area (TPSA) is 18.5 Å². The van der Waals surface area contributed by atoms with Gasteiger partial charge >= 0.3 is 0 Å². The van der Waals surface area contributed by atoms with Crippen LogP contribution in [0, 0.1) is 5.92 Å². The van der Waals surface area contributed by atoms with Crippen molar-refractivity contribution >= 4 is 0 Å². The molecule has 2 rings (SSSR count). The highest BCUT2D eigenvalue weighted by atomic mass is 16.7. The number of allylic oxidation sites excluding steroid dienone is 2. The van der Waals surface area contributed by atoms with Gasteiger partial charge in [0.25, 0.3) is 0 Å². The molecule has 0 heterocycles. The average Bonchev–Trinajstić information content (AvgIpc) is 2.72. The zero-order chi connectivity index (χ0) is 24.7. The second kappa shape index (κ2) is 17.0. The fourth-order valence-corrected chi connectivity index (χ4v) is 6.06. The first-order valence-corrected chi connectivity index (χ1v) is 15.2. The van der Waals surface area contributed by atoms with Crippen molar-refractivity contribution < 1.29 is 9.47 Å².